The molecule has 1 heterocycles. The summed E-state index contributed by atoms with van der Waals surface area (Å²) in [5.41, 5.74) is -0.140. The highest BCUT2D eigenvalue weighted by molar-refractivity contribution is 5.28. The second-order valence-electron chi connectivity index (χ2n) is 2.75. The summed E-state index contributed by atoms with van der Waals surface area (Å²) in [5.74, 6) is -1.17. The molecule has 0 aromatic carbocycles. The van der Waals surface area contributed by atoms with Gasteiger partial charge in [-0.1, -0.05) is 0 Å². The van der Waals surface area contributed by atoms with Crippen LogP contribution in [0.5, 0.6) is 0 Å². The lowest BCUT2D eigenvalue weighted by Crippen LogP contribution is -2.01. The van der Waals surface area contributed by atoms with Crippen LogP contribution >= 0.6 is 0 Å². The van der Waals surface area contributed by atoms with Gasteiger partial charge >= 0.3 is 0 Å². The minimum atomic E-state index is -2.90. The molecule has 14 heavy (non-hydrogen) atoms. The zero-order valence-electron chi connectivity index (χ0n) is 7.39. The molecule has 2 nitrogen and oxygen atoms in total. The molecule has 1 rings (SSSR count). The Balaban J connectivity index is 3.21. The topological polar surface area (TPSA) is 36.7 Å². The summed E-state index contributed by atoms with van der Waals surface area (Å²) in [6, 6.07) is 2.79. The summed E-state index contributed by atoms with van der Waals surface area (Å²) >= 11 is 0. The Labute approximate surface area is 79.0 Å². The van der Waals surface area contributed by atoms with Crippen LogP contribution in [0.4, 0.5) is 13.2 Å². The van der Waals surface area contributed by atoms with Crippen LogP contribution in [0.3, 0.4) is 0 Å². The molecular formula is C9H7F3N2. The van der Waals surface area contributed by atoms with Gasteiger partial charge in [-0.3, -0.25) is 0 Å². The number of alkyl halides is 2. The molecule has 0 saturated heterocycles. The smallest absolute Gasteiger partial charge is 0.224 e. The molecule has 0 aliphatic heterocycles. The number of rotatable bonds is 2. The molecule has 0 aliphatic carbocycles. The van der Waals surface area contributed by atoms with Crippen molar-refractivity contribution in [2.45, 2.75) is 19.8 Å². The maximum Gasteiger partial charge on any atom is 0.268 e. The molecule has 0 atom stereocenters. The fourth-order valence-electron chi connectivity index (χ4n) is 1.05. The summed E-state index contributed by atoms with van der Waals surface area (Å²) in [5, 5.41) is 8.38. The largest absolute Gasteiger partial charge is 0.268 e. The number of aromatic nitrogens is 1. The minimum absolute atomic E-state index is 0.0428. The van der Waals surface area contributed by atoms with Crippen LogP contribution in [0.2, 0.25) is 0 Å². The third-order valence-electron chi connectivity index (χ3n) is 1.80. The van der Waals surface area contributed by atoms with Gasteiger partial charge in [0.15, 0.2) is 0 Å². The number of hydrogen-bond acceptors (Lipinski definition) is 2. The first-order chi connectivity index (χ1) is 6.56. The van der Waals surface area contributed by atoms with Crippen molar-refractivity contribution in [2.75, 3.05) is 0 Å². The monoisotopic (exact) mass is 200 g/mol. The Hall–Kier alpha value is -1.57. The summed E-state index contributed by atoms with van der Waals surface area (Å²) in [4.78, 5) is 3.32. The highest BCUT2D eigenvalue weighted by atomic mass is 19.3. The Morgan fingerprint density at radius 2 is 2.21 bits per heavy atom. The van der Waals surface area contributed by atoms with Gasteiger partial charge in [-0.2, -0.15) is 9.65 Å². The summed E-state index contributed by atoms with van der Waals surface area (Å²) in [6.07, 6.45) is -2.95. The Bertz CT molecular complexity index is 382. The van der Waals surface area contributed by atoms with Crippen molar-refractivity contribution in [2.24, 2.45) is 0 Å². The fraction of sp³-hybridized carbons (Fsp3) is 0.333. The van der Waals surface area contributed by atoms with Gasteiger partial charge in [0.2, 0.25) is 5.95 Å². The van der Waals surface area contributed by atoms with Gasteiger partial charge in [-0.25, -0.2) is 13.8 Å². The van der Waals surface area contributed by atoms with Crippen molar-refractivity contribution < 1.29 is 13.2 Å². The molecule has 0 radical (unpaired) electrons. The molecule has 0 N–H and O–H groups in total. The van der Waals surface area contributed by atoms with Crippen LogP contribution in [-0.4, -0.2) is 4.98 Å². The van der Waals surface area contributed by atoms with Crippen molar-refractivity contribution >= 4 is 0 Å². The van der Waals surface area contributed by atoms with Crippen molar-refractivity contribution in [3.8, 4) is 6.07 Å². The lowest BCUT2D eigenvalue weighted by molar-refractivity contribution is 0.145. The zero-order chi connectivity index (χ0) is 10.7. The minimum Gasteiger partial charge on any atom is -0.224 e. The van der Waals surface area contributed by atoms with E-state index in [1.54, 1.807) is 6.07 Å². The average Bonchev–Trinajstić information content (AvgIpc) is 2.09. The molecule has 1 aromatic heterocycles. The maximum atomic E-state index is 12.8. The van der Waals surface area contributed by atoms with Crippen LogP contribution in [0.1, 0.15) is 23.2 Å². The zero-order valence-corrected chi connectivity index (χ0v) is 7.39. The molecule has 0 amide bonds. The third-order valence-corrected chi connectivity index (χ3v) is 1.80. The van der Waals surface area contributed by atoms with Gasteiger partial charge in [0, 0.05) is 5.69 Å². The van der Waals surface area contributed by atoms with E-state index in [4.69, 9.17) is 5.26 Å². The van der Waals surface area contributed by atoms with Gasteiger partial charge in [-0.05, 0) is 18.6 Å². The predicted molar refractivity (Wildman–Crippen MR) is 43.2 cm³/mol. The van der Waals surface area contributed by atoms with Gasteiger partial charge in [0.25, 0.3) is 6.43 Å². The number of nitrogens with zero attached hydrogens (tertiary/aromatic N) is 2. The molecule has 5 heteroatoms. The standard InChI is InChI=1S/C9H7F3N2/c1-5-6(2-3-13)4-7(8(10)11)9(12)14-5/h4,8H,2H2,1H3. The van der Waals surface area contributed by atoms with E-state index < -0.39 is 17.9 Å². The molecular weight excluding hydrogens is 193 g/mol. The van der Waals surface area contributed by atoms with Gasteiger partial charge in [0.1, 0.15) is 0 Å². The van der Waals surface area contributed by atoms with Crippen LogP contribution in [-0.2, 0) is 6.42 Å². The molecule has 0 saturated carbocycles. The Morgan fingerprint density at radius 1 is 1.57 bits per heavy atom. The first-order valence-electron chi connectivity index (χ1n) is 3.87. The Kier molecular flexibility index (Phi) is 3.07. The van der Waals surface area contributed by atoms with Crippen molar-refractivity contribution in [1.29, 1.82) is 5.26 Å². The van der Waals surface area contributed by atoms with Crippen LogP contribution in [0, 0.1) is 24.2 Å². The quantitative estimate of drug-likeness (QED) is 0.688. The number of hydrogen-bond donors (Lipinski definition) is 0. The highest BCUT2D eigenvalue weighted by Gasteiger charge is 2.16. The van der Waals surface area contributed by atoms with E-state index in [9.17, 15) is 13.2 Å². The summed E-state index contributed by atoms with van der Waals surface area (Å²) in [7, 11) is 0. The van der Waals surface area contributed by atoms with E-state index in [2.05, 4.69) is 4.98 Å². The Morgan fingerprint density at radius 3 is 2.71 bits per heavy atom. The molecule has 0 fully saturated rings. The number of nitriles is 1. The SMILES string of the molecule is Cc1nc(F)c(C(F)F)cc1CC#N. The van der Waals surface area contributed by atoms with E-state index in [1.165, 1.54) is 6.92 Å². The van der Waals surface area contributed by atoms with E-state index in [-0.39, 0.29) is 12.1 Å². The van der Waals surface area contributed by atoms with E-state index >= 15 is 0 Å². The lowest BCUT2D eigenvalue weighted by atomic mass is 10.1. The lowest BCUT2D eigenvalue weighted by Gasteiger charge is -2.05. The third kappa shape index (κ3) is 2.02. The first-order valence-corrected chi connectivity index (χ1v) is 3.87. The first kappa shape index (κ1) is 10.5. The normalized spacial score (nSPS) is 10.3. The molecule has 0 unspecified atom stereocenters. The van der Waals surface area contributed by atoms with Gasteiger partial charge in [0.05, 0.1) is 18.1 Å². The summed E-state index contributed by atoms with van der Waals surface area (Å²) < 4.78 is 37.3. The predicted octanol–water partition coefficient (Wildman–Crippen LogP) is 2.53. The summed E-state index contributed by atoms with van der Waals surface area (Å²) in [6.45, 7) is 1.48. The van der Waals surface area contributed by atoms with Gasteiger partial charge in [-0.15, -0.1) is 0 Å². The number of pyridine rings is 1. The van der Waals surface area contributed by atoms with Crippen LogP contribution in [0.15, 0.2) is 6.07 Å². The second kappa shape index (κ2) is 4.09. The fourth-order valence-corrected chi connectivity index (χ4v) is 1.05. The second-order valence-corrected chi connectivity index (χ2v) is 2.75. The van der Waals surface area contributed by atoms with E-state index in [1.807, 2.05) is 0 Å². The number of halogens is 3. The molecule has 74 valence electrons. The van der Waals surface area contributed by atoms with E-state index in [0.717, 1.165) is 6.07 Å². The van der Waals surface area contributed by atoms with Crippen molar-refractivity contribution in [3.63, 3.8) is 0 Å². The van der Waals surface area contributed by atoms with Crippen LogP contribution in [0.25, 0.3) is 0 Å². The van der Waals surface area contributed by atoms with Crippen molar-refractivity contribution in [3.05, 3.63) is 28.8 Å². The van der Waals surface area contributed by atoms with E-state index in [0.29, 0.717) is 5.56 Å². The average molecular weight is 200 g/mol. The maximum absolute atomic E-state index is 12.8. The van der Waals surface area contributed by atoms with Crippen molar-refractivity contribution in [1.82, 2.24) is 4.98 Å². The van der Waals surface area contributed by atoms with Gasteiger partial charge < -0.3 is 0 Å². The number of aryl methyl sites for hydroxylation is 1. The molecule has 0 bridgehead atoms. The molecule has 1 aromatic rings. The highest BCUT2D eigenvalue weighted by Crippen LogP contribution is 2.23. The molecule has 0 aliphatic rings. The molecule has 0 spiro atoms. The van der Waals surface area contributed by atoms with Crippen LogP contribution < -0.4 is 0 Å².